The van der Waals surface area contributed by atoms with E-state index in [4.69, 9.17) is 9.47 Å². The van der Waals surface area contributed by atoms with Gasteiger partial charge in [-0.05, 0) is 40.4 Å². The van der Waals surface area contributed by atoms with Gasteiger partial charge in [0.1, 0.15) is 13.2 Å². The maximum Gasteiger partial charge on any atom is 0.270 e. The van der Waals surface area contributed by atoms with Crippen LogP contribution in [0.2, 0.25) is 0 Å². The van der Waals surface area contributed by atoms with Crippen LogP contribution in [0.1, 0.15) is 10.4 Å². The predicted molar refractivity (Wildman–Crippen MR) is 101 cm³/mol. The van der Waals surface area contributed by atoms with E-state index in [2.05, 4.69) is 20.8 Å². The first-order valence-corrected chi connectivity index (χ1v) is 9.22. The van der Waals surface area contributed by atoms with Crippen molar-refractivity contribution >= 4 is 29.0 Å². The number of ether oxygens (including phenoxy) is 2. The molecule has 0 spiro atoms. The molecular formula is C17H14N6O5S. The molecule has 0 saturated heterocycles. The molecule has 11 nitrogen and oxygen atoms in total. The van der Waals surface area contributed by atoms with Gasteiger partial charge in [-0.15, -0.1) is 5.10 Å². The number of non-ortho nitro benzene ring substituents is 1. The second kappa shape index (κ2) is 7.75. The highest BCUT2D eigenvalue weighted by atomic mass is 32.2. The number of nitrogens with zero attached hydrogens (tertiary/aromatic N) is 5. The summed E-state index contributed by atoms with van der Waals surface area (Å²) in [4.78, 5) is 24.0. The molecule has 1 aliphatic heterocycles. The fraction of sp³-hybridized carbons (Fsp3) is 0.176. The van der Waals surface area contributed by atoms with Crippen LogP contribution in [0.3, 0.4) is 0 Å². The molecule has 0 bridgehead atoms. The van der Waals surface area contributed by atoms with Gasteiger partial charge >= 0.3 is 0 Å². The van der Waals surface area contributed by atoms with Crippen LogP contribution in [-0.4, -0.2) is 44.3 Å². The Balaban J connectivity index is 1.64. The molecule has 1 aromatic heterocycles. The third-order valence-electron chi connectivity index (χ3n) is 4.00. The van der Waals surface area contributed by atoms with Gasteiger partial charge < -0.3 is 14.8 Å². The second-order valence-corrected chi connectivity index (χ2v) is 6.95. The number of nitrogens with one attached hydrogen (secondary N) is 1. The fourth-order valence-electron chi connectivity index (χ4n) is 2.62. The zero-order chi connectivity index (χ0) is 20.4. The van der Waals surface area contributed by atoms with Crippen LogP contribution in [0.4, 0.5) is 11.4 Å². The van der Waals surface area contributed by atoms with Crippen LogP contribution in [-0.2, 0) is 7.05 Å². The fourth-order valence-corrected chi connectivity index (χ4v) is 3.46. The molecule has 12 heteroatoms. The summed E-state index contributed by atoms with van der Waals surface area (Å²) in [5, 5.41) is 25.5. The molecule has 0 aliphatic carbocycles. The molecule has 0 saturated carbocycles. The molecule has 0 fully saturated rings. The lowest BCUT2D eigenvalue weighted by Crippen LogP contribution is -2.17. The van der Waals surface area contributed by atoms with E-state index in [1.54, 1.807) is 25.2 Å². The summed E-state index contributed by atoms with van der Waals surface area (Å²) in [6.45, 7) is 0.881. The number of nitro benzene ring substituents is 1. The van der Waals surface area contributed by atoms with Crippen molar-refractivity contribution in [2.75, 3.05) is 18.5 Å². The Bertz CT molecular complexity index is 1100. The number of aromatic nitrogens is 4. The number of tetrazole rings is 1. The minimum Gasteiger partial charge on any atom is -0.486 e. The molecule has 0 unspecified atom stereocenters. The van der Waals surface area contributed by atoms with Crippen molar-refractivity contribution in [3.63, 3.8) is 0 Å². The summed E-state index contributed by atoms with van der Waals surface area (Å²) in [5.74, 6) is 0.603. The number of hydrogen-bond acceptors (Lipinski definition) is 9. The minimum absolute atomic E-state index is 0.127. The Hall–Kier alpha value is -3.67. The van der Waals surface area contributed by atoms with E-state index in [-0.39, 0.29) is 11.3 Å². The highest BCUT2D eigenvalue weighted by molar-refractivity contribution is 7.99. The van der Waals surface area contributed by atoms with Crippen molar-refractivity contribution in [2.24, 2.45) is 7.05 Å². The number of fused-ring (bicyclic) bond motifs is 1. The van der Waals surface area contributed by atoms with Gasteiger partial charge in [0.05, 0.1) is 10.5 Å². The van der Waals surface area contributed by atoms with E-state index in [1.165, 1.54) is 22.9 Å². The van der Waals surface area contributed by atoms with E-state index in [9.17, 15) is 14.9 Å². The maximum absolute atomic E-state index is 12.9. The lowest BCUT2D eigenvalue weighted by atomic mass is 10.1. The molecule has 2 heterocycles. The van der Waals surface area contributed by atoms with E-state index in [1.807, 2.05) is 0 Å². The number of carbonyl (C=O) groups excluding carboxylic acids is 1. The van der Waals surface area contributed by atoms with Gasteiger partial charge in [0.25, 0.3) is 11.6 Å². The Morgan fingerprint density at radius 3 is 2.72 bits per heavy atom. The number of rotatable bonds is 5. The normalized spacial score (nSPS) is 12.4. The lowest BCUT2D eigenvalue weighted by molar-refractivity contribution is -0.384. The Kier molecular flexibility index (Phi) is 4.99. The van der Waals surface area contributed by atoms with Crippen molar-refractivity contribution in [2.45, 2.75) is 10.1 Å². The van der Waals surface area contributed by atoms with Crippen LogP contribution in [0.15, 0.2) is 46.5 Å². The van der Waals surface area contributed by atoms with Gasteiger partial charge in [0.15, 0.2) is 11.5 Å². The molecule has 0 radical (unpaired) electrons. The van der Waals surface area contributed by atoms with Gasteiger partial charge in [-0.1, -0.05) is 0 Å². The molecule has 0 atom stereocenters. The first kappa shape index (κ1) is 18.7. The van der Waals surface area contributed by atoms with Gasteiger partial charge in [-0.2, -0.15) is 0 Å². The maximum atomic E-state index is 12.9. The standard InChI is InChI=1S/C17H14N6O5S/c1-22-17(19-20-21-22)29-15-5-3-11(23(25)26)9-12(15)16(24)18-10-2-4-13-14(8-10)28-7-6-27-13/h2-5,8-9H,6-7H2,1H3,(H,18,24). The number of aryl methyl sites for hydroxylation is 1. The van der Waals surface area contributed by atoms with E-state index >= 15 is 0 Å². The molecule has 1 aliphatic rings. The minimum atomic E-state index is -0.556. The first-order valence-electron chi connectivity index (χ1n) is 8.41. The van der Waals surface area contributed by atoms with E-state index in [0.717, 1.165) is 11.8 Å². The molecule has 29 heavy (non-hydrogen) atoms. The number of carbonyl (C=O) groups is 1. The number of hydrogen-bond donors (Lipinski definition) is 1. The highest BCUT2D eigenvalue weighted by Gasteiger charge is 2.20. The second-order valence-electron chi connectivity index (χ2n) is 5.94. The first-order chi connectivity index (χ1) is 14.0. The molecule has 4 rings (SSSR count). The summed E-state index contributed by atoms with van der Waals surface area (Å²) in [6, 6.07) is 9.05. The quantitative estimate of drug-likeness (QED) is 0.493. The van der Waals surface area contributed by atoms with E-state index in [0.29, 0.717) is 40.5 Å². The van der Waals surface area contributed by atoms with Crippen LogP contribution in [0.25, 0.3) is 0 Å². The molecule has 1 amide bonds. The predicted octanol–water partition coefficient (Wildman–Crippen LogP) is 2.29. The van der Waals surface area contributed by atoms with Gasteiger partial charge in [-0.25, -0.2) is 4.68 Å². The molecule has 3 aromatic rings. The smallest absolute Gasteiger partial charge is 0.270 e. The van der Waals surface area contributed by atoms with Crippen molar-refractivity contribution in [1.29, 1.82) is 0 Å². The summed E-state index contributed by atoms with van der Waals surface area (Å²) in [6.07, 6.45) is 0. The molecule has 148 valence electrons. The molecule has 1 N–H and O–H groups in total. The summed E-state index contributed by atoms with van der Waals surface area (Å²) >= 11 is 1.13. The van der Waals surface area contributed by atoms with Crippen LogP contribution < -0.4 is 14.8 Å². The van der Waals surface area contributed by atoms with Gasteiger partial charge in [0, 0.05) is 35.8 Å². The number of nitro groups is 1. The zero-order valence-electron chi connectivity index (χ0n) is 15.1. The Labute approximate surface area is 168 Å². The monoisotopic (exact) mass is 414 g/mol. The Morgan fingerprint density at radius 2 is 2.00 bits per heavy atom. The van der Waals surface area contributed by atoms with Crippen LogP contribution in [0.5, 0.6) is 11.5 Å². The van der Waals surface area contributed by atoms with Gasteiger partial charge in [0.2, 0.25) is 5.16 Å². The van der Waals surface area contributed by atoms with Crippen molar-refractivity contribution in [1.82, 2.24) is 20.2 Å². The van der Waals surface area contributed by atoms with Crippen LogP contribution in [0, 0.1) is 10.1 Å². The number of benzene rings is 2. The average Bonchev–Trinajstić information content (AvgIpc) is 3.12. The number of anilines is 1. The third-order valence-corrected chi connectivity index (χ3v) is 5.11. The highest BCUT2D eigenvalue weighted by Crippen LogP contribution is 2.34. The third kappa shape index (κ3) is 3.96. The summed E-state index contributed by atoms with van der Waals surface area (Å²) in [5.41, 5.74) is 0.405. The van der Waals surface area contributed by atoms with Gasteiger partial charge in [-0.3, -0.25) is 14.9 Å². The molecule has 2 aromatic carbocycles. The molecular weight excluding hydrogens is 400 g/mol. The largest absolute Gasteiger partial charge is 0.486 e. The van der Waals surface area contributed by atoms with Crippen molar-refractivity contribution in [3.8, 4) is 11.5 Å². The van der Waals surface area contributed by atoms with E-state index < -0.39 is 10.8 Å². The average molecular weight is 414 g/mol. The summed E-state index contributed by atoms with van der Waals surface area (Å²) < 4.78 is 12.4. The lowest BCUT2D eigenvalue weighted by Gasteiger charge is -2.19. The van der Waals surface area contributed by atoms with Crippen molar-refractivity contribution in [3.05, 3.63) is 52.1 Å². The number of amides is 1. The Morgan fingerprint density at radius 1 is 1.21 bits per heavy atom. The topological polar surface area (TPSA) is 134 Å². The zero-order valence-corrected chi connectivity index (χ0v) is 15.9. The van der Waals surface area contributed by atoms with Crippen molar-refractivity contribution < 1.29 is 19.2 Å². The van der Waals surface area contributed by atoms with Crippen LogP contribution >= 0.6 is 11.8 Å². The summed E-state index contributed by atoms with van der Waals surface area (Å²) in [7, 11) is 1.66. The SMILES string of the molecule is Cn1nnnc1Sc1ccc([N+](=O)[O-])cc1C(=O)Nc1ccc2c(c1)OCCO2.